The average Bonchev–Trinajstić information content (AvgIpc) is 3.62. The first-order chi connectivity index (χ1) is 16.2. The van der Waals surface area contributed by atoms with Crippen LogP contribution in [0.2, 0.25) is 0 Å². The number of benzene rings is 1. The van der Waals surface area contributed by atoms with Gasteiger partial charge in [0.2, 0.25) is 0 Å². The first-order valence-corrected chi connectivity index (χ1v) is 12.9. The minimum absolute atomic E-state index is 0.161. The molecule has 6 heteroatoms. The molecule has 1 aromatic rings. The second kappa shape index (κ2) is 9.21. The topological polar surface area (TPSA) is 52.7 Å². The van der Waals surface area contributed by atoms with Gasteiger partial charge in [-0.2, -0.15) is 5.06 Å². The Morgan fingerprint density at radius 2 is 1.65 bits per heavy atom. The summed E-state index contributed by atoms with van der Waals surface area (Å²) in [6.45, 7) is 12.6. The molecule has 0 N–H and O–H groups in total. The predicted octanol–water partition coefficient (Wildman–Crippen LogP) is 5.06. The number of hydrogen-bond donors (Lipinski definition) is 0. The van der Waals surface area contributed by atoms with Crippen LogP contribution in [0, 0.1) is 5.41 Å². The number of rotatable bonds is 7. The van der Waals surface area contributed by atoms with Gasteiger partial charge in [0, 0.05) is 29.3 Å². The Balaban J connectivity index is 1.15. The fourth-order valence-corrected chi connectivity index (χ4v) is 6.12. The number of hydroxylamine groups is 2. The number of epoxide rings is 1. The van der Waals surface area contributed by atoms with Crippen LogP contribution in [-0.2, 0) is 25.5 Å². The second-order valence-corrected chi connectivity index (χ2v) is 12.0. The molecular formula is C28H41NO5. The molecule has 1 aromatic carbocycles. The summed E-state index contributed by atoms with van der Waals surface area (Å²) < 4.78 is 24.1. The van der Waals surface area contributed by atoms with E-state index in [0.29, 0.717) is 13.2 Å². The Hall–Kier alpha value is -1.44. The molecule has 0 aromatic heterocycles. The van der Waals surface area contributed by atoms with Crippen molar-refractivity contribution in [3.05, 3.63) is 42.0 Å². The molecule has 2 spiro atoms. The molecular weight excluding hydrogens is 430 g/mol. The van der Waals surface area contributed by atoms with Gasteiger partial charge in [-0.3, -0.25) is 4.84 Å². The highest BCUT2D eigenvalue weighted by Gasteiger charge is 2.57. The van der Waals surface area contributed by atoms with E-state index in [9.17, 15) is 0 Å². The fourth-order valence-electron chi connectivity index (χ4n) is 6.12. The largest absolute Gasteiger partial charge is 0.491 e. The fraction of sp³-hybridized carbons (Fsp3) is 0.714. The van der Waals surface area contributed by atoms with Gasteiger partial charge in [-0.05, 0) is 71.1 Å². The van der Waals surface area contributed by atoms with Crippen molar-refractivity contribution in [2.24, 2.45) is 5.41 Å². The van der Waals surface area contributed by atoms with Crippen molar-refractivity contribution in [1.29, 1.82) is 0 Å². The quantitative estimate of drug-likeness (QED) is 0.409. The third kappa shape index (κ3) is 5.36. The first-order valence-electron chi connectivity index (χ1n) is 12.9. The van der Waals surface area contributed by atoms with Crippen LogP contribution in [0.25, 0.3) is 0 Å². The average molecular weight is 472 g/mol. The molecule has 0 bridgehead atoms. The molecule has 0 amide bonds. The predicted molar refractivity (Wildman–Crippen MR) is 131 cm³/mol. The highest BCUT2D eigenvalue weighted by Crippen LogP contribution is 2.50. The molecule has 34 heavy (non-hydrogen) atoms. The molecule has 1 unspecified atom stereocenters. The third-order valence-corrected chi connectivity index (χ3v) is 7.72. The summed E-state index contributed by atoms with van der Waals surface area (Å²) in [5.74, 6) is 0.364. The van der Waals surface area contributed by atoms with Gasteiger partial charge in [0.05, 0.1) is 26.4 Å². The maximum atomic E-state index is 6.58. The molecule has 5 rings (SSSR count). The van der Waals surface area contributed by atoms with Gasteiger partial charge in [0.15, 0.2) is 5.79 Å². The van der Waals surface area contributed by atoms with Crippen molar-refractivity contribution in [2.75, 3.05) is 33.0 Å². The molecule has 1 aliphatic carbocycles. The first kappa shape index (κ1) is 24.3. The van der Waals surface area contributed by atoms with E-state index < -0.39 is 5.79 Å². The summed E-state index contributed by atoms with van der Waals surface area (Å²) in [5.41, 5.74) is 0.987. The van der Waals surface area contributed by atoms with E-state index in [2.05, 4.69) is 57.0 Å². The Kier molecular flexibility index (Phi) is 6.57. The van der Waals surface area contributed by atoms with Gasteiger partial charge in [-0.15, -0.1) is 0 Å². The summed E-state index contributed by atoms with van der Waals surface area (Å²) in [4.78, 5) is 6.44. The second-order valence-electron chi connectivity index (χ2n) is 12.0. The van der Waals surface area contributed by atoms with Gasteiger partial charge >= 0.3 is 0 Å². The van der Waals surface area contributed by atoms with Crippen LogP contribution < -0.4 is 4.74 Å². The summed E-state index contributed by atoms with van der Waals surface area (Å²) >= 11 is 0. The molecule has 1 atom stereocenters. The lowest BCUT2D eigenvalue weighted by Gasteiger charge is -2.59. The number of allylic oxidation sites excluding steroid dienone is 2. The number of nitrogens with zero attached hydrogens (tertiary/aromatic N) is 1. The highest BCUT2D eigenvalue weighted by molar-refractivity contribution is 5.27. The van der Waals surface area contributed by atoms with E-state index in [0.717, 1.165) is 64.1 Å². The smallest absolute Gasteiger partial charge is 0.171 e. The standard InChI is InChI=1S/C28H41NO5/c1-25(2)18-28(32-20-27(21-33-28)13-6-5-7-14-27)19-26(3,4)29(25)34-15-12-22-8-10-23(11-9-22)30-16-24-17-31-24/h5-6,8-11,24H,7,12-21H2,1-4H3. The maximum absolute atomic E-state index is 6.58. The van der Waals surface area contributed by atoms with Crippen LogP contribution in [0.4, 0.5) is 0 Å². The van der Waals surface area contributed by atoms with Crippen molar-refractivity contribution in [3.8, 4) is 5.75 Å². The van der Waals surface area contributed by atoms with Gasteiger partial charge < -0.3 is 18.9 Å². The van der Waals surface area contributed by atoms with Crippen molar-refractivity contribution < 1.29 is 23.8 Å². The zero-order valence-electron chi connectivity index (χ0n) is 21.3. The molecule has 3 aliphatic heterocycles. The zero-order valence-corrected chi connectivity index (χ0v) is 21.3. The molecule has 6 nitrogen and oxygen atoms in total. The lowest BCUT2D eigenvalue weighted by Crippen LogP contribution is -2.68. The molecule has 3 saturated heterocycles. The van der Waals surface area contributed by atoms with Gasteiger partial charge in [-0.1, -0.05) is 24.3 Å². The minimum Gasteiger partial charge on any atom is -0.491 e. The van der Waals surface area contributed by atoms with E-state index in [1.807, 2.05) is 12.1 Å². The SMILES string of the molecule is CC1(C)CC2(CC(C)(C)N1OCCc1ccc(OCC3CO3)cc1)OCC1(CC=CCC1)CO2. The zero-order chi connectivity index (χ0) is 23.9. The Labute approximate surface area is 204 Å². The van der Waals surface area contributed by atoms with Crippen LogP contribution >= 0.6 is 0 Å². The van der Waals surface area contributed by atoms with E-state index in [1.165, 1.54) is 5.56 Å². The Morgan fingerprint density at radius 1 is 0.971 bits per heavy atom. The van der Waals surface area contributed by atoms with E-state index in [4.69, 9.17) is 23.8 Å². The lowest BCUT2D eigenvalue weighted by molar-refractivity contribution is -0.382. The van der Waals surface area contributed by atoms with Crippen LogP contribution in [0.5, 0.6) is 5.75 Å². The van der Waals surface area contributed by atoms with Gasteiger partial charge in [0.25, 0.3) is 0 Å². The normalized spacial score (nSPS) is 28.8. The maximum Gasteiger partial charge on any atom is 0.171 e. The molecule has 3 heterocycles. The molecule has 3 fully saturated rings. The lowest BCUT2D eigenvalue weighted by atomic mass is 9.74. The summed E-state index contributed by atoms with van der Waals surface area (Å²) in [7, 11) is 0. The van der Waals surface area contributed by atoms with E-state index >= 15 is 0 Å². The Bertz CT molecular complexity index is 845. The Morgan fingerprint density at radius 3 is 2.24 bits per heavy atom. The van der Waals surface area contributed by atoms with Crippen LogP contribution in [-0.4, -0.2) is 61.1 Å². The monoisotopic (exact) mass is 471 g/mol. The van der Waals surface area contributed by atoms with Gasteiger partial charge in [-0.25, -0.2) is 0 Å². The summed E-state index contributed by atoms with van der Waals surface area (Å²) in [5, 5.41) is 2.19. The molecule has 0 radical (unpaired) electrons. The number of hydrogen-bond acceptors (Lipinski definition) is 6. The minimum atomic E-state index is -0.527. The highest BCUT2D eigenvalue weighted by atomic mass is 16.7. The van der Waals surface area contributed by atoms with E-state index in [1.54, 1.807) is 0 Å². The van der Waals surface area contributed by atoms with Crippen molar-refractivity contribution >= 4 is 0 Å². The van der Waals surface area contributed by atoms with Crippen molar-refractivity contribution in [2.45, 2.75) is 89.2 Å². The third-order valence-electron chi connectivity index (χ3n) is 7.72. The molecule has 4 aliphatic rings. The number of piperidine rings is 1. The summed E-state index contributed by atoms with van der Waals surface area (Å²) in [6, 6.07) is 8.30. The van der Waals surface area contributed by atoms with Crippen molar-refractivity contribution in [3.63, 3.8) is 0 Å². The van der Waals surface area contributed by atoms with E-state index in [-0.39, 0.29) is 22.6 Å². The van der Waals surface area contributed by atoms with Crippen LogP contribution in [0.3, 0.4) is 0 Å². The van der Waals surface area contributed by atoms with Gasteiger partial charge in [0.1, 0.15) is 18.5 Å². The van der Waals surface area contributed by atoms with Crippen LogP contribution in [0.15, 0.2) is 36.4 Å². The molecule has 0 saturated carbocycles. The number of ether oxygens (including phenoxy) is 4. The van der Waals surface area contributed by atoms with Crippen molar-refractivity contribution in [1.82, 2.24) is 5.06 Å². The van der Waals surface area contributed by atoms with Crippen LogP contribution in [0.1, 0.15) is 65.4 Å². The summed E-state index contributed by atoms with van der Waals surface area (Å²) in [6.07, 6.45) is 10.6. The molecule has 188 valence electrons.